The number of rotatable bonds is 5. The van der Waals surface area contributed by atoms with Crippen LogP contribution in [0.25, 0.3) is 0 Å². The number of hydrogen-bond donors (Lipinski definition) is 1. The first-order valence-electron chi connectivity index (χ1n) is 5.17. The molecule has 1 N–H and O–H groups in total. The highest BCUT2D eigenvalue weighted by atomic mass is 79.9. The molecule has 1 aromatic rings. The van der Waals surface area contributed by atoms with Gasteiger partial charge in [-0.05, 0) is 31.0 Å². The van der Waals surface area contributed by atoms with Crippen LogP contribution in [0.4, 0.5) is 0 Å². The zero-order valence-corrected chi connectivity index (χ0v) is 10.5. The molecular weight excluding hydrogens is 238 g/mol. The molecule has 0 unspecified atom stereocenters. The summed E-state index contributed by atoms with van der Waals surface area (Å²) in [5.41, 5.74) is 1.40. The lowest BCUT2D eigenvalue weighted by Crippen LogP contribution is -2.23. The van der Waals surface area contributed by atoms with E-state index in [-0.39, 0.29) is 0 Å². The molecule has 1 aromatic carbocycles. The van der Waals surface area contributed by atoms with Gasteiger partial charge in [0, 0.05) is 10.5 Å². The highest BCUT2D eigenvalue weighted by Gasteiger charge is 1.98. The Morgan fingerprint density at radius 2 is 2.00 bits per heavy atom. The van der Waals surface area contributed by atoms with Crippen LogP contribution >= 0.6 is 15.9 Å². The molecule has 0 fully saturated rings. The highest BCUT2D eigenvalue weighted by molar-refractivity contribution is 9.10. The van der Waals surface area contributed by atoms with Crippen molar-refractivity contribution in [1.82, 2.24) is 5.32 Å². The van der Waals surface area contributed by atoms with Gasteiger partial charge in [-0.2, -0.15) is 0 Å². The third kappa shape index (κ3) is 4.25. The average Bonchev–Trinajstić information content (AvgIpc) is 2.15. The third-order valence-corrected chi connectivity index (χ3v) is 2.91. The second-order valence-electron chi connectivity index (χ2n) is 3.80. The lowest BCUT2D eigenvalue weighted by molar-refractivity contribution is 0.570. The molecule has 2 heteroatoms. The summed E-state index contributed by atoms with van der Waals surface area (Å²) in [6, 6.07) is 9.02. The molecule has 14 heavy (non-hydrogen) atoms. The predicted octanol–water partition coefficient (Wildman–Crippen LogP) is 3.38. The minimum atomic E-state index is 0.592. The summed E-state index contributed by atoms with van der Waals surface area (Å²) < 4.78 is 1.23. The first kappa shape index (κ1) is 11.7. The molecule has 1 nitrogen and oxygen atoms in total. The van der Waals surface area contributed by atoms with Gasteiger partial charge in [-0.3, -0.25) is 0 Å². The number of aryl methyl sites for hydroxylation is 1. The average molecular weight is 256 g/mol. The lowest BCUT2D eigenvalue weighted by atomic mass is 10.1. The molecule has 0 heterocycles. The normalized spacial score (nSPS) is 10.9. The van der Waals surface area contributed by atoms with Crippen LogP contribution < -0.4 is 5.32 Å². The Morgan fingerprint density at radius 1 is 1.29 bits per heavy atom. The Labute approximate surface area is 95.0 Å². The van der Waals surface area contributed by atoms with E-state index >= 15 is 0 Å². The molecule has 0 amide bonds. The zero-order valence-electron chi connectivity index (χ0n) is 8.89. The van der Waals surface area contributed by atoms with Crippen molar-refractivity contribution in [3.63, 3.8) is 0 Å². The number of nitrogens with one attached hydrogen (secondary N) is 1. The fourth-order valence-electron chi connectivity index (χ4n) is 1.37. The molecular formula is C12H18BrN. The summed E-state index contributed by atoms with van der Waals surface area (Å²) in [6.07, 6.45) is 2.34. The molecule has 0 saturated carbocycles. The van der Waals surface area contributed by atoms with E-state index in [9.17, 15) is 0 Å². The molecule has 0 spiro atoms. The standard InChI is InChI=1S/C12H18BrN/c1-10(2)14-9-5-7-11-6-3-4-8-12(11)13/h3-4,6,8,10,14H,5,7,9H2,1-2H3. The minimum absolute atomic E-state index is 0.592. The molecule has 1 rings (SSSR count). The predicted molar refractivity (Wildman–Crippen MR) is 65.6 cm³/mol. The monoisotopic (exact) mass is 255 g/mol. The van der Waals surface area contributed by atoms with Crippen LogP contribution in [0, 0.1) is 0 Å². The molecule has 0 atom stereocenters. The highest BCUT2D eigenvalue weighted by Crippen LogP contribution is 2.16. The molecule has 0 aliphatic heterocycles. The van der Waals surface area contributed by atoms with Crippen molar-refractivity contribution in [2.75, 3.05) is 6.54 Å². The van der Waals surface area contributed by atoms with Gasteiger partial charge in [-0.15, -0.1) is 0 Å². The van der Waals surface area contributed by atoms with Gasteiger partial charge in [-0.1, -0.05) is 48.0 Å². The van der Waals surface area contributed by atoms with E-state index in [2.05, 4.69) is 59.4 Å². The van der Waals surface area contributed by atoms with Crippen molar-refractivity contribution in [1.29, 1.82) is 0 Å². The van der Waals surface area contributed by atoms with Gasteiger partial charge < -0.3 is 5.32 Å². The fourth-order valence-corrected chi connectivity index (χ4v) is 1.85. The number of benzene rings is 1. The maximum absolute atomic E-state index is 3.56. The van der Waals surface area contributed by atoms with Gasteiger partial charge in [0.05, 0.1) is 0 Å². The lowest BCUT2D eigenvalue weighted by Gasteiger charge is -2.08. The van der Waals surface area contributed by atoms with E-state index in [0.29, 0.717) is 6.04 Å². The summed E-state index contributed by atoms with van der Waals surface area (Å²) in [5, 5.41) is 3.42. The first-order chi connectivity index (χ1) is 6.70. The van der Waals surface area contributed by atoms with Crippen molar-refractivity contribution in [2.45, 2.75) is 32.7 Å². The van der Waals surface area contributed by atoms with Crippen LogP contribution in [0.15, 0.2) is 28.7 Å². The van der Waals surface area contributed by atoms with Gasteiger partial charge in [-0.25, -0.2) is 0 Å². The van der Waals surface area contributed by atoms with Gasteiger partial charge in [0.2, 0.25) is 0 Å². The number of hydrogen-bond acceptors (Lipinski definition) is 1. The summed E-state index contributed by atoms with van der Waals surface area (Å²) in [4.78, 5) is 0. The Morgan fingerprint density at radius 3 is 2.64 bits per heavy atom. The smallest absolute Gasteiger partial charge is 0.0207 e. The van der Waals surface area contributed by atoms with Crippen LogP contribution in [0.3, 0.4) is 0 Å². The van der Waals surface area contributed by atoms with E-state index in [1.807, 2.05) is 0 Å². The van der Waals surface area contributed by atoms with Crippen molar-refractivity contribution in [3.05, 3.63) is 34.3 Å². The first-order valence-corrected chi connectivity index (χ1v) is 5.96. The molecule has 0 aromatic heterocycles. The third-order valence-electron chi connectivity index (χ3n) is 2.13. The molecule has 0 saturated heterocycles. The van der Waals surface area contributed by atoms with Crippen molar-refractivity contribution >= 4 is 15.9 Å². The Kier molecular flexibility index (Phi) is 5.20. The molecule has 0 bridgehead atoms. The van der Waals surface area contributed by atoms with E-state index in [4.69, 9.17) is 0 Å². The largest absolute Gasteiger partial charge is 0.315 e. The zero-order chi connectivity index (χ0) is 10.4. The van der Waals surface area contributed by atoms with Crippen molar-refractivity contribution in [3.8, 4) is 0 Å². The van der Waals surface area contributed by atoms with Crippen LogP contribution in [0.2, 0.25) is 0 Å². The molecule has 0 radical (unpaired) electrons. The second-order valence-corrected chi connectivity index (χ2v) is 4.66. The second kappa shape index (κ2) is 6.20. The Hall–Kier alpha value is -0.340. The van der Waals surface area contributed by atoms with E-state index in [0.717, 1.165) is 13.0 Å². The maximum atomic E-state index is 3.56. The maximum Gasteiger partial charge on any atom is 0.0207 e. The quantitative estimate of drug-likeness (QED) is 0.796. The SMILES string of the molecule is CC(C)NCCCc1ccccc1Br. The van der Waals surface area contributed by atoms with Gasteiger partial charge >= 0.3 is 0 Å². The van der Waals surface area contributed by atoms with Crippen LogP contribution in [-0.2, 0) is 6.42 Å². The topological polar surface area (TPSA) is 12.0 Å². The fraction of sp³-hybridized carbons (Fsp3) is 0.500. The minimum Gasteiger partial charge on any atom is -0.315 e. The summed E-state index contributed by atoms with van der Waals surface area (Å²) in [7, 11) is 0. The van der Waals surface area contributed by atoms with Crippen LogP contribution in [0.1, 0.15) is 25.8 Å². The van der Waals surface area contributed by atoms with Gasteiger partial charge in [0.15, 0.2) is 0 Å². The van der Waals surface area contributed by atoms with Gasteiger partial charge in [0.1, 0.15) is 0 Å². The molecule has 0 aliphatic rings. The van der Waals surface area contributed by atoms with Crippen molar-refractivity contribution in [2.24, 2.45) is 0 Å². The Bertz CT molecular complexity index is 271. The van der Waals surface area contributed by atoms with E-state index in [1.165, 1.54) is 16.5 Å². The molecule has 78 valence electrons. The Balaban J connectivity index is 2.28. The van der Waals surface area contributed by atoms with Crippen LogP contribution in [-0.4, -0.2) is 12.6 Å². The van der Waals surface area contributed by atoms with Gasteiger partial charge in [0.25, 0.3) is 0 Å². The number of halogens is 1. The molecule has 0 aliphatic carbocycles. The summed E-state index contributed by atoms with van der Waals surface area (Å²) in [6.45, 7) is 5.45. The summed E-state index contributed by atoms with van der Waals surface area (Å²) >= 11 is 3.56. The van der Waals surface area contributed by atoms with E-state index < -0.39 is 0 Å². The van der Waals surface area contributed by atoms with E-state index in [1.54, 1.807) is 0 Å². The summed E-state index contributed by atoms with van der Waals surface area (Å²) in [5.74, 6) is 0. The van der Waals surface area contributed by atoms with Crippen LogP contribution in [0.5, 0.6) is 0 Å². The van der Waals surface area contributed by atoms with Crippen molar-refractivity contribution < 1.29 is 0 Å².